The Morgan fingerprint density at radius 2 is 1.81 bits per heavy atom. The number of amides is 1. The zero-order valence-corrected chi connectivity index (χ0v) is 23.9. The van der Waals surface area contributed by atoms with E-state index in [1.165, 1.54) is 12.1 Å². The average molecular weight is 609 g/mol. The monoisotopic (exact) mass is 608 g/mol. The van der Waals surface area contributed by atoms with E-state index >= 15 is 8.78 Å². The number of nitrogens with zero attached hydrogens (tertiary/aromatic N) is 4. The zero-order valence-electron chi connectivity index (χ0n) is 23.1. The van der Waals surface area contributed by atoms with Crippen LogP contribution in [-0.2, 0) is 14.8 Å². The predicted octanol–water partition coefficient (Wildman–Crippen LogP) is 5.35. The Morgan fingerprint density at radius 1 is 1.09 bits per heavy atom. The van der Waals surface area contributed by atoms with Crippen molar-refractivity contribution >= 4 is 32.8 Å². The summed E-state index contributed by atoms with van der Waals surface area (Å²) in [5, 5.41) is 5.93. The first-order valence-electron chi connectivity index (χ1n) is 13.8. The molecule has 2 atom stereocenters. The number of rotatable bonds is 7. The summed E-state index contributed by atoms with van der Waals surface area (Å²) in [6.45, 7) is 9.10. The minimum atomic E-state index is -4.22. The number of hydrogen-bond acceptors (Lipinski definition) is 6. The summed E-state index contributed by atoms with van der Waals surface area (Å²) in [7, 11) is -4.22. The van der Waals surface area contributed by atoms with E-state index in [1.807, 2.05) is 0 Å². The van der Waals surface area contributed by atoms with Crippen molar-refractivity contribution < 1.29 is 26.4 Å². The molecule has 13 heteroatoms. The normalized spacial score (nSPS) is 19.5. The molecule has 6 rings (SSSR count). The topological polar surface area (TPSA) is 110 Å². The number of carbonyl (C=O) groups is 1. The van der Waals surface area contributed by atoms with Gasteiger partial charge in [0.1, 0.15) is 11.5 Å². The van der Waals surface area contributed by atoms with Gasteiger partial charge in [0.15, 0.2) is 23.1 Å². The first-order valence-corrected chi connectivity index (χ1v) is 15.3. The lowest BCUT2D eigenvalue weighted by Gasteiger charge is -2.31. The number of aryl methyl sites for hydroxylation is 1. The van der Waals surface area contributed by atoms with Gasteiger partial charge in [0.05, 0.1) is 11.1 Å². The van der Waals surface area contributed by atoms with Crippen molar-refractivity contribution in [1.82, 2.24) is 19.3 Å². The summed E-state index contributed by atoms with van der Waals surface area (Å²) in [6.07, 6.45) is 5.54. The van der Waals surface area contributed by atoms with E-state index in [0.717, 1.165) is 34.4 Å². The van der Waals surface area contributed by atoms with Gasteiger partial charge in [-0.2, -0.15) is 0 Å². The Kier molecular flexibility index (Phi) is 7.12. The lowest BCUT2D eigenvalue weighted by Crippen LogP contribution is -2.45. The molecule has 2 N–H and O–H groups in total. The number of benzene rings is 1. The molecule has 0 saturated heterocycles. The van der Waals surface area contributed by atoms with Gasteiger partial charge in [-0.05, 0) is 50.8 Å². The molecule has 222 valence electrons. The van der Waals surface area contributed by atoms with Crippen LogP contribution in [0.4, 0.5) is 19.0 Å². The van der Waals surface area contributed by atoms with Gasteiger partial charge in [0.25, 0.3) is 10.0 Å². The molecular formula is C30H27F3N6O3S. The molecular weight excluding hydrogens is 581 g/mol. The maximum absolute atomic E-state index is 15.3. The largest absolute Gasteiger partial charge is 0.365 e. The fraction of sp³-hybridized carbons (Fsp3) is 0.333. The third kappa shape index (κ3) is 5.31. The number of pyridine rings is 2. The van der Waals surface area contributed by atoms with Gasteiger partial charge in [-0.1, -0.05) is 17.7 Å². The fourth-order valence-electron chi connectivity index (χ4n) is 5.48. The van der Waals surface area contributed by atoms with E-state index in [1.54, 1.807) is 19.1 Å². The van der Waals surface area contributed by atoms with Crippen LogP contribution in [0.5, 0.6) is 0 Å². The van der Waals surface area contributed by atoms with E-state index in [9.17, 15) is 17.6 Å². The molecule has 2 saturated carbocycles. The Hall–Kier alpha value is -4.44. The predicted molar refractivity (Wildman–Crippen MR) is 153 cm³/mol. The van der Waals surface area contributed by atoms with Crippen molar-refractivity contribution in [3.05, 3.63) is 83.2 Å². The molecule has 4 aromatic rings. The number of aromatic nitrogens is 3. The summed E-state index contributed by atoms with van der Waals surface area (Å²) < 4.78 is 72.5. The highest BCUT2D eigenvalue weighted by Gasteiger charge is 2.58. The summed E-state index contributed by atoms with van der Waals surface area (Å²) >= 11 is 0. The lowest BCUT2D eigenvalue weighted by molar-refractivity contribution is -0.123. The number of carbonyl (C=O) groups excluding carboxylic acids is 1. The highest BCUT2D eigenvalue weighted by molar-refractivity contribution is 7.90. The van der Waals surface area contributed by atoms with Crippen LogP contribution in [0.2, 0.25) is 0 Å². The fourth-order valence-corrected chi connectivity index (χ4v) is 6.80. The van der Waals surface area contributed by atoms with Crippen molar-refractivity contribution in [2.24, 2.45) is 0 Å². The van der Waals surface area contributed by atoms with Gasteiger partial charge in [0.2, 0.25) is 0 Å². The molecule has 0 aliphatic heterocycles. The Bertz CT molecular complexity index is 1900. The molecule has 1 amide bonds. The Labute approximate surface area is 246 Å². The van der Waals surface area contributed by atoms with Crippen molar-refractivity contribution in [3.8, 4) is 11.3 Å². The van der Waals surface area contributed by atoms with Crippen LogP contribution in [0.25, 0.3) is 27.1 Å². The molecule has 3 heterocycles. The molecule has 2 aliphatic rings. The standard InChI is InChI=1S/C30H27F3N6O3S/c1-17-6-8-21(9-7-17)43(41,42)39-16-23(22-12-18(31)15-35-28(22)39)26-24(32)14-25(33)27(38-26)36-19-4-3-5-20(13-19)37-29(40)30(34-2)10-11-30/h6-9,12,14-16,19-20H,3-5,10-11,13H2,1H3,(H,36,38)(H,37,40)/t19-,20+/m0/s1. The van der Waals surface area contributed by atoms with Gasteiger partial charge in [-0.3, -0.25) is 9.64 Å². The van der Waals surface area contributed by atoms with E-state index in [-0.39, 0.29) is 51.0 Å². The molecule has 0 radical (unpaired) electrons. The molecule has 43 heavy (non-hydrogen) atoms. The summed E-state index contributed by atoms with van der Waals surface area (Å²) in [4.78, 5) is 24.1. The van der Waals surface area contributed by atoms with Gasteiger partial charge in [-0.15, -0.1) is 0 Å². The van der Waals surface area contributed by atoms with Gasteiger partial charge in [0, 0.05) is 48.1 Å². The molecule has 1 aromatic carbocycles. The van der Waals surface area contributed by atoms with Crippen LogP contribution < -0.4 is 10.6 Å². The first-order chi connectivity index (χ1) is 20.5. The van der Waals surface area contributed by atoms with Crippen molar-refractivity contribution in [3.63, 3.8) is 0 Å². The van der Waals surface area contributed by atoms with E-state index in [0.29, 0.717) is 38.2 Å². The summed E-state index contributed by atoms with van der Waals surface area (Å²) in [5.41, 5.74) is -0.735. The van der Waals surface area contributed by atoms with Gasteiger partial charge in [-0.25, -0.2) is 42.1 Å². The molecule has 0 spiro atoms. The van der Waals surface area contributed by atoms with Crippen LogP contribution >= 0.6 is 0 Å². The third-order valence-corrected chi connectivity index (χ3v) is 9.72. The zero-order chi connectivity index (χ0) is 30.5. The van der Waals surface area contributed by atoms with Crippen LogP contribution in [0.1, 0.15) is 44.1 Å². The SMILES string of the molecule is [C-]#[N+]C1(C(=O)N[C@@H]2CCC[C@H](Nc3nc(-c4cn(S(=O)(=O)c5ccc(C)cc5)c5ncc(F)cc45)c(F)cc3F)C2)CC1. The number of nitrogens with one attached hydrogen (secondary N) is 2. The van der Waals surface area contributed by atoms with E-state index in [2.05, 4.69) is 25.4 Å². The number of halogens is 3. The van der Waals surface area contributed by atoms with Gasteiger partial charge < -0.3 is 10.6 Å². The van der Waals surface area contributed by atoms with Gasteiger partial charge >= 0.3 is 11.4 Å². The van der Waals surface area contributed by atoms with Crippen LogP contribution in [0, 0.1) is 30.9 Å². The second-order valence-corrected chi connectivity index (χ2v) is 13.0. The minimum Gasteiger partial charge on any atom is -0.365 e. The smallest absolute Gasteiger partial charge is 0.309 e. The third-order valence-electron chi connectivity index (χ3n) is 8.05. The van der Waals surface area contributed by atoms with Crippen molar-refractivity contribution in [1.29, 1.82) is 0 Å². The Morgan fingerprint density at radius 3 is 2.51 bits per heavy atom. The second-order valence-electron chi connectivity index (χ2n) is 11.2. The van der Waals surface area contributed by atoms with Crippen LogP contribution in [-0.4, -0.2) is 45.9 Å². The first kappa shape index (κ1) is 28.7. The maximum Gasteiger partial charge on any atom is 0.309 e. The van der Waals surface area contributed by atoms with Crippen LogP contribution in [0.3, 0.4) is 0 Å². The van der Waals surface area contributed by atoms with Crippen molar-refractivity contribution in [2.75, 3.05) is 5.32 Å². The highest BCUT2D eigenvalue weighted by Crippen LogP contribution is 2.40. The molecule has 3 aromatic heterocycles. The van der Waals surface area contributed by atoms with E-state index in [4.69, 9.17) is 6.57 Å². The Balaban J connectivity index is 1.33. The maximum atomic E-state index is 15.3. The molecule has 0 unspecified atom stereocenters. The minimum absolute atomic E-state index is 0.0195. The van der Waals surface area contributed by atoms with Crippen LogP contribution in [0.15, 0.2) is 53.7 Å². The number of hydrogen-bond donors (Lipinski definition) is 2. The molecule has 2 aliphatic carbocycles. The number of fused-ring (bicyclic) bond motifs is 1. The van der Waals surface area contributed by atoms with Crippen molar-refractivity contribution in [2.45, 2.75) is 68.0 Å². The summed E-state index contributed by atoms with van der Waals surface area (Å²) in [5.74, 6) is -3.36. The molecule has 0 bridgehead atoms. The van der Waals surface area contributed by atoms with E-state index < -0.39 is 33.0 Å². The second kappa shape index (κ2) is 10.7. The lowest BCUT2D eigenvalue weighted by atomic mass is 9.90. The average Bonchev–Trinajstić information content (AvgIpc) is 3.69. The highest BCUT2D eigenvalue weighted by atomic mass is 32.2. The molecule has 2 fully saturated rings. The summed E-state index contributed by atoms with van der Waals surface area (Å²) in [6, 6.07) is 7.23. The molecule has 9 nitrogen and oxygen atoms in total. The number of anilines is 1. The quantitative estimate of drug-likeness (QED) is 0.274.